The average Bonchev–Trinajstić information content (AvgIpc) is 3.26. The van der Waals surface area contributed by atoms with Crippen molar-refractivity contribution in [2.24, 2.45) is 0 Å². The van der Waals surface area contributed by atoms with Crippen molar-refractivity contribution in [1.29, 1.82) is 0 Å². The summed E-state index contributed by atoms with van der Waals surface area (Å²) in [6, 6.07) is 11.1. The molecule has 8 heteroatoms. The summed E-state index contributed by atoms with van der Waals surface area (Å²) >= 11 is 1.24. The first-order valence-electron chi connectivity index (χ1n) is 10.1. The fraction of sp³-hybridized carbons (Fsp3) is 0.476. The highest BCUT2D eigenvalue weighted by molar-refractivity contribution is 7.91. The number of hydrogen-bond donors (Lipinski definition) is 1. The highest BCUT2D eigenvalue weighted by Gasteiger charge is 2.28. The monoisotopic (exact) mass is 434 g/mol. The molecular formula is C21H26N2O4S2. The van der Waals surface area contributed by atoms with Crippen LogP contribution in [-0.4, -0.2) is 51.0 Å². The quantitative estimate of drug-likeness (QED) is 0.782. The van der Waals surface area contributed by atoms with Crippen molar-refractivity contribution in [3.05, 3.63) is 42.0 Å². The molecule has 29 heavy (non-hydrogen) atoms. The molecule has 2 aromatic rings. The summed E-state index contributed by atoms with van der Waals surface area (Å²) < 4.78 is 32.7. The van der Waals surface area contributed by atoms with Gasteiger partial charge in [-0.2, -0.15) is 4.31 Å². The Morgan fingerprint density at radius 2 is 1.83 bits per heavy atom. The van der Waals surface area contributed by atoms with Crippen LogP contribution in [0.25, 0.3) is 10.4 Å². The maximum absolute atomic E-state index is 12.8. The van der Waals surface area contributed by atoms with Gasteiger partial charge in [0.1, 0.15) is 4.21 Å². The lowest BCUT2D eigenvalue weighted by atomic mass is 9.95. The second kappa shape index (κ2) is 8.95. The second-order valence-electron chi connectivity index (χ2n) is 7.52. The molecule has 2 heterocycles. The van der Waals surface area contributed by atoms with Gasteiger partial charge in [0, 0.05) is 29.6 Å². The molecule has 1 aromatic carbocycles. The van der Waals surface area contributed by atoms with E-state index in [0.29, 0.717) is 36.1 Å². The van der Waals surface area contributed by atoms with Crippen LogP contribution in [0.2, 0.25) is 0 Å². The highest BCUT2D eigenvalue weighted by Crippen LogP contribution is 2.33. The van der Waals surface area contributed by atoms with Gasteiger partial charge in [-0.15, -0.1) is 11.3 Å². The third-order valence-corrected chi connectivity index (χ3v) is 9.00. The van der Waals surface area contributed by atoms with Gasteiger partial charge in [-0.25, -0.2) is 8.42 Å². The van der Waals surface area contributed by atoms with E-state index in [9.17, 15) is 13.2 Å². The number of rotatable bonds is 5. The predicted octanol–water partition coefficient (Wildman–Crippen LogP) is 3.50. The van der Waals surface area contributed by atoms with Gasteiger partial charge >= 0.3 is 0 Å². The van der Waals surface area contributed by atoms with Crippen LogP contribution in [0.15, 0.2) is 40.6 Å². The summed E-state index contributed by atoms with van der Waals surface area (Å²) in [7, 11) is -3.50. The van der Waals surface area contributed by atoms with Crippen LogP contribution in [0, 0.1) is 0 Å². The fourth-order valence-corrected chi connectivity index (χ4v) is 6.72. The molecular weight excluding hydrogens is 408 g/mol. The van der Waals surface area contributed by atoms with Crippen LogP contribution < -0.4 is 5.32 Å². The fourth-order valence-electron chi connectivity index (χ4n) is 3.86. The molecule has 1 saturated heterocycles. The molecule has 2 fully saturated rings. The molecule has 0 atom stereocenters. The van der Waals surface area contributed by atoms with E-state index in [0.717, 1.165) is 23.3 Å². The number of sulfonamides is 1. The van der Waals surface area contributed by atoms with Gasteiger partial charge in [0.15, 0.2) is 0 Å². The number of ether oxygens (including phenoxy) is 1. The zero-order valence-corrected chi connectivity index (χ0v) is 17.9. The van der Waals surface area contributed by atoms with Gasteiger partial charge in [-0.1, -0.05) is 31.4 Å². The third kappa shape index (κ3) is 4.71. The highest BCUT2D eigenvalue weighted by atomic mass is 32.2. The number of benzene rings is 1. The Bertz CT molecular complexity index is 959. The number of amides is 1. The molecule has 1 saturated carbocycles. The molecule has 0 bridgehead atoms. The Morgan fingerprint density at radius 1 is 1.07 bits per heavy atom. The van der Waals surface area contributed by atoms with Gasteiger partial charge in [-0.3, -0.25) is 4.79 Å². The van der Waals surface area contributed by atoms with Crippen LogP contribution in [0.5, 0.6) is 0 Å². The van der Waals surface area contributed by atoms with E-state index in [1.54, 1.807) is 12.1 Å². The van der Waals surface area contributed by atoms with Crippen LogP contribution in [0.4, 0.5) is 0 Å². The largest absolute Gasteiger partial charge is 0.379 e. The van der Waals surface area contributed by atoms with Crippen molar-refractivity contribution in [3.63, 3.8) is 0 Å². The number of carbonyl (C=O) groups excluding carboxylic acids is 1. The first-order valence-corrected chi connectivity index (χ1v) is 12.4. The smallest absolute Gasteiger partial charge is 0.252 e. The number of morpholine rings is 1. The second-order valence-corrected chi connectivity index (χ2v) is 10.8. The molecule has 1 amide bonds. The Balaban J connectivity index is 1.50. The molecule has 1 aromatic heterocycles. The average molecular weight is 435 g/mol. The summed E-state index contributed by atoms with van der Waals surface area (Å²) in [4.78, 5) is 13.5. The standard InChI is InChI=1S/C21H26N2O4S2/c24-21(22-18-7-2-1-3-8-18)17-6-4-5-16(15-17)19-9-10-20(28-19)29(25,26)23-11-13-27-14-12-23/h4-6,9-10,15,18H,1-3,7-8,11-14H2,(H,22,24). The zero-order chi connectivity index (χ0) is 20.3. The van der Waals surface area contributed by atoms with Crippen LogP contribution in [-0.2, 0) is 14.8 Å². The molecule has 4 rings (SSSR count). The normalized spacial score (nSPS) is 19.2. The van der Waals surface area contributed by atoms with E-state index in [1.807, 2.05) is 24.3 Å². The molecule has 0 unspecified atom stereocenters. The van der Waals surface area contributed by atoms with Crippen molar-refractivity contribution in [3.8, 4) is 10.4 Å². The number of carbonyl (C=O) groups is 1. The Morgan fingerprint density at radius 3 is 2.59 bits per heavy atom. The predicted molar refractivity (Wildman–Crippen MR) is 114 cm³/mol. The topological polar surface area (TPSA) is 75.7 Å². The van der Waals surface area contributed by atoms with Crippen molar-refractivity contribution < 1.29 is 17.9 Å². The maximum atomic E-state index is 12.8. The number of thiophene rings is 1. The zero-order valence-electron chi connectivity index (χ0n) is 16.3. The van der Waals surface area contributed by atoms with E-state index in [1.165, 1.54) is 34.9 Å². The minimum Gasteiger partial charge on any atom is -0.379 e. The molecule has 156 valence electrons. The Kier molecular flexibility index (Phi) is 6.34. The molecule has 0 spiro atoms. The molecule has 1 aliphatic heterocycles. The van der Waals surface area contributed by atoms with Crippen LogP contribution in [0.1, 0.15) is 42.5 Å². The minimum atomic E-state index is -3.50. The van der Waals surface area contributed by atoms with E-state index in [-0.39, 0.29) is 11.9 Å². The summed E-state index contributed by atoms with van der Waals surface area (Å²) in [6.07, 6.45) is 5.66. The molecule has 0 radical (unpaired) electrons. The van der Waals surface area contributed by atoms with Gasteiger partial charge in [0.05, 0.1) is 13.2 Å². The maximum Gasteiger partial charge on any atom is 0.252 e. The number of hydrogen-bond acceptors (Lipinski definition) is 5. The van der Waals surface area contributed by atoms with Crippen molar-refractivity contribution in [2.45, 2.75) is 42.4 Å². The van der Waals surface area contributed by atoms with E-state index >= 15 is 0 Å². The van der Waals surface area contributed by atoms with Crippen molar-refractivity contribution in [1.82, 2.24) is 9.62 Å². The van der Waals surface area contributed by atoms with E-state index in [4.69, 9.17) is 4.74 Å². The summed E-state index contributed by atoms with van der Waals surface area (Å²) in [6.45, 7) is 1.62. The Labute approximate surface area is 175 Å². The van der Waals surface area contributed by atoms with Crippen LogP contribution in [0.3, 0.4) is 0 Å². The van der Waals surface area contributed by atoms with Crippen LogP contribution >= 0.6 is 11.3 Å². The summed E-state index contributed by atoms with van der Waals surface area (Å²) in [5.74, 6) is -0.0588. The van der Waals surface area contributed by atoms with E-state index < -0.39 is 10.0 Å². The van der Waals surface area contributed by atoms with E-state index in [2.05, 4.69) is 5.32 Å². The molecule has 6 nitrogen and oxygen atoms in total. The van der Waals surface area contributed by atoms with Crippen molar-refractivity contribution in [2.75, 3.05) is 26.3 Å². The minimum absolute atomic E-state index is 0.0588. The summed E-state index contributed by atoms with van der Waals surface area (Å²) in [5, 5.41) is 3.14. The van der Waals surface area contributed by atoms with Gasteiger partial charge in [0.2, 0.25) is 0 Å². The number of nitrogens with zero attached hydrogens (tertiary/aromatic N) is 1. The third-order valence-electron chi connectivity index (χ3n) is 5.50. The molecule has 1 aliphatic carbocycles. The number of nitrogens with one attached hydrogen (secondary N) is 1. The molecule has 2 aliphatic rings. The van der Waals surface area contributed by atoms with Gasteiger partial charge < -0.3 is 10.1 Å². The van der Waals surface area contributed by atoms with Gasteiger partial charge in [-0.05, 0) is 42.7 Å². The van der Waals surface area contributed by atoms with Crippen molar-refractivity contribution >= 4 is 27.3 Å². The summed E-state index contributed by atoms with van der Waals surface area (Å²) in [5.41, 5.74) is 1.47. The lowest BCUT2D eigenvalue weighted by Gasteiger charge is -2.25. The van der Waals surface area contributed by atoms with Gasteiger partial charge in [0.25, 0.3) is 15.9 Å². The lowest BCUT2D eigenvalue weighted by molar-refractivity contribution is 0.0731. The SMILES string of the molecule is O=C(NC1CCCCC1)c1cccc(-c2ccc(S(=O)(=O)N3CCOCC3)s2)c1. The first-order chi connectivity index (χ1) is 14.0. The lowest BCUT2D eigenvalue weighted by Crippen LogP contribution is -2.40. The molecule has 1 N–H and O–H groups in total. The first kappa shape index (κ1) is 20.5. The Hall–Kier alpha value is -1.74.